The van der Waals surface area contributed by atoms with Gasteiger partial charge in [-0.25, -0.2) is 0 Å². The zero-order chi connectivity index (χ0) is 12.0. The van der Waals surface area contributed by atoms with Crippen molar-refractivity contribution < 1.29 is 9.90 Å². The van der Waals surface area contributed by atoms with Crippen molar-refractivity contribution >= 4 is 23.6 Å². The lowest BCUT2D eigenvalue weighted by molar-refractivity contribution is 0.112. The van der Waals surface area contributed by atoms with Crippen molar-refractivity contribution in [3.05, 3.63) is 28.8 Å². The third kappa shape index (κ3) is 2.97. The van der Waals surface area contributed by atoms with Crippen LogP contribution in [0.3, 0.4) is 0 Å². The zero-order valence-electron chi connectivity index (χ0n) is 9.32. The standard InChI is InChI=1S/C12H16ClNO2/c1-2-6-14(7-8-15)12-5-3-4-11(13)10(12)9-16/h3-5,9,15H,2,6-8H2,1H3. The van der Waals surface area contributed by atoms with Crippen molar-refractivity contribution in [2.24, 2.45) is 0 Å². The number of hydrogen-bond acceptors (Lipinski definition) is 3. The minimum atomic E-state index is 0.0603. The average molecular weight is 242 g/mol. The largest absolute Gasteiger partial charge is 0.395 e. The second-order valence-electron chi connectivity index (χ2n) is 3.50. The molecule has 0 aliphatic heterocycles. The molecule has 0 radical (unpaired) electrons. The van der Waals surface area contributed by atoms with Crippen LogP contribution in [-0.2, 0) is 0 Å². The van der Waals surface area contributed by atoms with Gasteiger partial charge >= 0.3 is 0 Å². The first-order chi connectivity index (χ1) is 7.74. The van der Waals surface area contributed by atoms with Crippen LogP contribution in [0.4, 0.5) is 5.69 Å². The van der Waals surface area contributed by atoms with Gasteiger partial charge in [0.1, 0.15) is 0 Å². The van der Waals surface area contributed by atoms with Crippen molar-refractivity contribution in [2.75, 3.05) is 24.6 Å². The highest BCUT2D eigenvalue weighted by Crippen LogP contribution is 2.25. The normalized spacial score (nSPS) is 10.2. The molecule has 0 unspecified atom stereocenters. The molecule has 1 N–H and O–H groups in total. The molecular formula is C12H16ClNO2. The third-order valence-electron chi connectivity index (χ3n) is 2.35. The Morgan fingerprint density at radius 1 is 1.44 bits per heavy atom. The van der Waals surface area contributed by atoms with Crippen LogP contribution in [-0.4, -0.2) is 31.1 Å². The molecule has 0 aliphatic rings. The van der Waals surface area contributed by atoms with E-state index in [1.54, 1.807) is 6.07 Å². The smallest absolute Gasteiger partial charge is 0.153 e. The quantitative estimate of drug-likeness (QED) is 0.778. The van der Waals surface area contributed by atoms with Gasteiger partial charge in [-0.3, -0.25) is 4.79 Å². The molecule has 0 saturated carbocycles. The molecule has 3 nitrogen and oxygen atoms in total. The third-order valence-corrected chi connectivity index (χ3v) is 2.68. The summed E-state index contributed by atoms with van der Waals surface area (Å²) in [6.45, 7) is 3.41. The summed E-state index contributed by atoms with van der Waals surface area (Å²) >= 11 is 5.95. The topological polar surface area (TPSA) is 40.5 Å². The number of nitrogens with zero attached hydrogens (tertiary/aromatic N) is 1. The summed E-state index contributed by atoms with van der Waals surface area (Å²) < 4.78 is 0. The van der Waals surface area contributed by atoms with Gasteiger partial charge in [-0.15, -0.1) is 0 Å². The predicted molar refractivity (Wildman–Crippen MR) is 66.4 cm³/mol. The van der Waals surface area contributed by atoms with Crippen molar-refractivity contribution in [3.63, 3.8) is 0 Å². The summed E-state index contributed by atoms with van der Waals surface area (Å²) in [6.07, 6.45) is 1.71. The maximum atomic E-state index is 11.0. The van der Waals surface area contributed by atoms with Crippen LogP contribution in [0, 0.1) is 0 Å². The molecule has 0 fully saturated rings. The summed E-state index contributed by atoms with van der Waals surface area (Å²) in [5.41, 5.74) is 1.28. The van der Waals surface area contributed by atoms with E-state index in [9.17, 15) is 4.79 Å². The van der Waals surface area contributed by atoms with E-state index in [0.29, 0.717) is 17.1 Å². The fourth-order valence-electron chi connectivity index (χ4n) is 1.66. The average Bonchev–Trinajstić information content (AvgIpc) is 2.28. The number of benzene rings is 1. The number of anilines is 1. The van der Waals surface area contributed by atoms with E-state index in [1.165, 1.54) is 0 Å². The van der Waals surface area contributed by atoms with Crippen molar-refractivity contribution in [3.8, 4) is 0 Å². The van der Waals surface area contributed by atoms with Gasteiger partial charge in [0.25, 0.3) is 0 Å². The Hall–Kier alpha value is -1.06. The van der Waals surface area contributed by atoms with Crippen molar-refractivity contribution in [2.45, 2.75) is 13.3 Å². The van der Waals surface area contributed by atoms with Crippen LogP contribution in [0.1, 0.15) is 23.7 Å². The Morgan fingerprint density at radius 3 is 2.75 bits per heavy atom. The number of aliphatic hydroxyl groups excluding tert-OH is 1. The van der Waals surface area contributed by atoms with E-state index >= 15 is 0 Å². The molecule has 0 atom stereocenters. The molecule has 1 rings (SSSR count). The maximum Gasteiger partial charge on any atom is 0.153 e. The first-order valence-corrected chi connectivity index (χ1v) is 5.71. The molecule has 4 heteroatoms. The van der Waals surface area contributed by atoms with E-state index < -0.39 is 0 Å². The van der Waals surface area contributed by atoms with Crippen LogP contribution in [0.2, 0.25) is 5.02 Å². The fourth-order valence-corrected chi connectivity index (χ4v) is 1.88. The van der Waals surface area contributed by atoms with Crippen LogP contribution in [0.25, 0.3) is 0 Å². The molecule has 16 heavy (non-hydrogen) atoms. The summed E-state index contributed by atoms with van der Waals surface area (Å²) in [5.74, 6) is 0. The number of hydrogen-bond donors (Lipinski definition) is 1. The zero-order valence-corrected chi connectivity index (χ0v) is 10.1. The second-order valence-corrected chi connectivity index (χ2v) is 3.91. The van der Waals surface area contributed by atoms with E-state index in [2.05, 4.69) is 6.92 Å². The van der Waals surface area contributed by atoms with E-state index in [-0.39, 0.29) is 6.61 Å². The van der Waals surface area contributed by atoms with E-state index in [4.69, 9.17) is 16.7 Å². The summed E-state index contributed by atoms with van der Waals surface area (Å²) in [6, 6.07) is 5.35. The minimum Gasteiger partial charge on any atom is -0.395 e. The van der Waals surface area contributed by atoms with Crippen LogP contribution in [0.5, 0.6) is 0 Å². The van der Waals surface area contributed by atoms with Gasteiger partial charge in [0, 0.05) is 18.8 Å². The lowest BCUT2D eigenvalue weighted by atomic mass is 10.1. The molecule has 1 aromatic carbocycles. The predicted octanol–water partition coefficient (Wildman–Crippen LogP) is 2.36. The Morgan fingerprint density at radius 2 is 2.19 bits per heavy atom. The SMILES string of the molecule is CCCN(CCO)c1cccc(Cl)c1C=O. The molecule has 0 amide bonds. The van der Waals surface area contributed by atoms with Gasteiger partial charge in [-0.05, 0) is 18.6 Å². The van der Waals surface area contributed by atoms with Gasteiger partial charge in [-0.2, -0.15) is 0 Å². The van der Waals surface area contributed by atoms with Gasteiger partial charge < -0.3 is 10.0 Å². The molecule has 0 saturated heterocycles. The molecular weight excluding hydrogens is 226 g/mol. The van der Waals surface area contributed by atoms with Gasteiger partial charge in [0.2, 0.25) is 0 Å². The molecule has 0 heterocycles. The van der Waals surface area contributed by atoms with Crippen molar-refractivity contribution in [1.29, 1.82) is 0 Å². The van der Waals surface area contributed by atoms with E-state index in [1.807, 2.05) is 17.0 Å². The monoisotopic (exact) mass is 241 g/mol. The molecule has 0 spiro atoms. The van der Waals surface area contributed by atoms with E-state index in [0.717, 1.165) is 24.9 Å². The lowest BCUT2D eigenvalue weighted by Crippen LogP contribution is -2.28. The molecule has 1 aromatic rings. The molecule has 0 bridgehead atoms. The number of aliphatic hydroxyl groups is 1. The van der Waals surface area contributed by atoms with Crippen LogP contribution < -0.4 is 4.90 Å². The summed E-state index contributed by atoms with van der Waals surface area (Å²) in [7, 11) is 0. The van der Waals surface area contributed by atoms with Gasteiger partial charge in [0.15, 0.2) is 6.29 Å². The highest BCUT2D eigenvalue weighted by molar-refractivity contribution is 6.33. The number of halogens is 1. The highest BCUT2D eigenvalue weighted by Gasteiger charge is 2.12. The second kappa shape index (κ2) is 6.51. The van der Waals surface area contributed by atoms with Crippen LogP contribution in [0.15, 0.2) is 18.2 Å². The van der Waals surface area contributed by atoms with Gasteiger partial charge in [0.05, 0.1) is 17.2 Å². The van der Waals surface area contributed by atoms with Gasteiger partial charge in [-0.1, -0.05) is 24.6 Å². The number of carbonyl (C=O) groups is 1. The Balaban J connectivity index is 3.07. The highest BCUT2D eigenvalue weighted by atomic mass is 35.5. The summed E-state index contributed by atoms with van der Waals surface area (Å²) in [4.78, 5) is 13.0. The maximum absolute atomic E-state index is 11.0. The van der Waals surface area contributed by atoms with Crippen molar-refractivity contribution in [1.82, 2.24) is 0 Å². The molecule has 0 aromatic heterocycles. The lowest BCUT2D eigenvalue weighted by Gasteiger charge is -2.25. The number of carbonyl (C=O) groups excluding carboxylic acids is 1. The first kappa shape index (κ1) is 13.0. The number of aldehydes is 1. The number of rotatable bonds is 6. The summed E-state index contributed by atoms with van der Waals surface area (Å²) in [5, 5.41) is 9.45. The van der Waals surface area contributed by atoms with Crippen LogP contribution >= 0.6 is 11.6 Å². The Bertz CT molecular complexity index is 349. The molecule has 0 aliphatic carbocycles. The minimum absolute atomic E-state index is 0.0603. The fraction of sp³-hybridized carbons (Fsp3) is 0.417. The first-order valence-electron chi connectivity index (χ1n) is 5.34. The molecule has 88 valence electrons. The Labute approximate surface area is 101 Å². The Kier molecular flexibility index (Phi) is 5.29.